The van der Waals surface area contributed by atoms with Gasteiger partial charge in [-0.2, -0.15) is 0 Å². The van der Waals surface area contributed by atoms with Crippen LogP contribution in [0, 0.1) is 23.2 Å². The number of rotatable bonds is 1. The Morgan fingerprint density at radius 1 is 1.20 bits per heavy atom. The molecule has 0 aromatic carbocycles. The summed E-state index contributed by atoms with van der Waals surface area (Å²) < 4.78 is 11.7. The molecular formula is C20H27NO4. The smallest absolute Gasteiger partial charge is 0.336 e. The van der Waals surface area contributed by atoms with Crippen LogP contribution in [0.15, 0.2) is 16.8 Å². The molecule has 136 valence electrons. The highest BCUT2D eigenvalue weighted by atomic mass is 16.6. The number of esters is 1. The van der Waals surface area contributed by atoms with Crippen molar-refractivity contribution in [3.63, 3.8) is 0 Å². The highest BCUT2D eigenvalue weighted by Crippen LogP contribution is 2.62. The third-order valence-corrected chi connectivity index (χ3v) is 7.81. The largest absolute Gasteiger partial charge is 0.458 e. The highest BCUT2D eigenvalue weighted by Gasteiger charge is 2.61. The second kappa shape index (κ2) is 5.32. The van der Waals surface area contributed by atoms with E-state index in [2.05, 4.69) is 25.2 Å². The molecule has 5 rings (SSSR count). The van der Waals surface area contributed by atoms with Crippen LogP contribution in [-0.4, -0.2) is 36.6 Å². The molecule has 5 heteroatoms. The van der Waals surface area contributed by atoms with E-state index in [1.54, 1.807) is 0 Å². The van der Waals surface area contributed by atoms with Gasteiger partial charge in [-0.15, -0.1) is 0 Å². The monoisotopic (exact) mass is 345 g/mol. The van der Waals surface area contributed by atoms with E-state index in [9.17, 15) is 4.79 Å². The zero-order chi connectivity index (χ0) is 17.2. The number of cyclic esters (lactones) is 1. The van der Waals surface area contributed by atoms with E-state index in [0.29, 0.717) is 24.4 Å². The SMILES string of the molecule is C[C@@]12CC[C@@H]3CC(C=NO3)[C@H]1CC[C@@]1(C)O[C@H](C3=CCOC3=O)C[C@@H]21. The minimum atomic E-state index is -0.189. The summed E-state index contributed by atoms with van der Waals surface area (Å²) in [5.41, 5.74) is 0.813. The average Bonchev–Trinajstić information content (AvgIpc) is 3.15. The van der Waals surface area contributed by atoms with Gasteiger partial charge in [-0.3, -0.25) is 0 Å². The average molecular weight is 345 g/mol. The number of fused-ring (bicyclic) bond motifs is 6. The summed E-state index contributed by atoms with van der Waals surface area (Å²) in [5.74, 6) is 1.43. The van der Waals surface area contributed by atoms with Crippen molar-refractivity contribution < 1.29 is 19.1 Å². The molecule has 3 aliphatic heterocycles. The van der Waals surface area contributed by atoms with Crippen LogP contribution in [-0.2, 0) is 19.1 Å². The maximum Gasteiger partial charge on any atom is 0.336 e. The molecular weight excluding hydrogens is 318 g/mol. The van der Waals surface area contributed by atoms with Crippen LogP contribution in [0.25, 0.3) is 0 Å². The maximum atomic E-state index is 12.0. The van der Waals surface area contributed by atoms with Gasteiger partial charge in [-0.05, 0) is 68.8 Å². The summed E-state index contributed by atoms with van der Waals surface area (Å²) in [4.78, 5) is 17.6. The maximum absolute atomic E-state index is 12.0. The standard InChI is InChI=1S/C20H27NO4/c1-19-6-3-13-9-12(11-21-25-13)15(19)4-7-20(2)17(19)10-16(24-20)14-5-8-23-18(14)22/h5,11-13,15-17H,3-4,6-10H2,1-2H3/t12?,13-,15-,16+,17+,19-,20-/m1/s1. The molecule has 2 bridgehead atoms. The summed E-state index contributed by atoms with van der Waals surface area (Å²) in [5, 5.41) is 4.21. The van der Waals surface area contributed by atoms with Gasteiger partial charge in [0, 0.05) is 12.1 Å². The molecule has 2 aliphatic carbocycles. The van der Waals surface area contributed by atoms with E-state index in [4.69, 9.17) is 14.3 Å². The number of ether oxygens (including phenoxy) is 2. The third-order valence-electron chi connectivity index (χ3n) is 7.81. The number of carbonyl (C=O) groups excluding carboxylic acids is 1. The predicted octanol–water partition coefficient (Wildman–Crippen LogP) is 3.23. The van der Waals surface area contributed by atoms with E-state index in [0.717, 1.165) is 37.7 Å². The summed E-state index contributed by atoms with van der Waals surface area (Å²) in [7, 11) is 0. The minimum absolute atomic E-state index is 0.104. The molecule has 0 radical (unpaired) electrons. The molecule has 5 aliphatic rings. The van der Waals surface area contributed by atoms with E-state index in [1.807, 2.05) is 6.08 Å². The quantitative estimate of drug-likeness (QED) is 0.685. The van der Waals surface area contributed by atoms with Crippen molar-refractivity contribution in [2.75, 3.05) is 6.61 Å². The number of hydrogen-bond acceptors (Lipinski definition) is 5. The molecule has 1 saturated heterocycles. The first kappa shape index (κ1) is 15.9. The highest BCUT2D eigenvalue weighted by molar-refractivity contribution is 5.91. The Bertz CT molecular complexity index is 658. The van der Waals surface area contributed by atoms with Crippen LogP contribution in [0.2, 0.25) is 0 Å². The fourth-order valence-corrected chi connectivity index (χ4v) is 6.56. The number of oxime groups is 1. The van der Waals surface area contributed by atoms with Gasteiger partial charge in [0.25, 0.3) is 0 Å². The van der Waals surface area contributed by atoms with Crippen LogP contribution in [0.3, 0.4) is 0 Å². The first-order chi connectivity index (χ1) is 12.0. The van der Waals surface area contributed by atoms with Crippen LogP contribution < -0.4 is 0 Å². The summed E-state index contributed by atoms with van der Waals surface area (Å²) in [6, 6.07) is 0. The van der Waals surface area contributed by atoms with Gasteiger partial charge in [0.15, 0.2) is 0 Å². The van der Waals surface area contributed by atoms with Crippen LogP contribution >= 0.6 is 0 Å². The molecule has 0 amide bonds. The molecule has 2 saturated carbocycles. The van der Waals surface area contributed by atoms with Gasteiger partial charge in [-0.25, -0.2) is 4.79 Å². The number of hydrogen-bond donors (Lipinski definition) is 0. The van der Waals surface area contributed by atoms with Crippen molar-refractivity contribution in [1.29, 1.82) is 0 Å². The van der Waals surface area contributed by atoms with E-state index in [1.165, 1.54) is 6.42 Å². The fourth-order valence-electron chi connectivity index (χ4n) is 6.56. The number of nitrogens with zero attached hydrogens (tertiary/aromatic N) is 1. The summed E-state index contributed by atoms with van der Waals surface area (Å²) >= 11 is 0. The van der Waals surface area contributed by atoms with Crippen molar-refractivity contribution in [2.45, 2.75) is 70.2 Å². The Labute approximate surface area is 148 Å². The molecule has 0 spiro atoms. The third kappa shape index (κ3) is 2.24. The summed E-state index contributed by atoms with van der Waals surface area (Å²) in [6.07, 6.45) is 10.6. The van der Waals surface area contributed by atoms with Crippen molar-refractivity contribution in [3.8, 4) is 0 Å². The van der Waals surface area contributed by atoms with Gasteiger partial charge in [0.1, 0.15) is 12.7 Å². The van der Waals surface area contributed by atoms with Crippen LogP contribution in [0.4, 0.5) is 0 Å². The van der Waals surface area contributed by atoms with Gasteiger partial charge in [0.05, 0.1) is 17.3 Å². The molecule has 3 fully saturated rings. The molecule has 0 aromatic rings. The minimum Gasteiger partial charge on any atom is -0.458 e. The summed E-state index contributed by atoms with van der Waals surface area (Å²) in [6.45, 7) is 5.12. The Hall–Kier alpha value is -1.36. The Balaban J connectivity index is 1.48. The van der Waals surface area contributed by atoms with Gasteiger partial charge < -0.3 is 14.3 Å². The van der Waals surface area contributed by atoms with Gasteiger partial charge in [0.2, 0.25) is 0 Å². The van der Waals surface area contributed by atoms with E-state index >= 15 is 0 Å². The lowest BCUT2D eigenvalue weighted by Crippen LogP contribution is -2.52. The van der Waals surface area contributed by atoms with Gasteiger partial charge in [-0.1, -0.05) is 12.1 Å². The first-order valence-corrected chi connectivity index (χ1v) is 9.74. The Morgan fingerprint density at radius 3 is 2.88 bits per heavy atom. The number of carbonyl (C=O) groups is 1. The van der Waals surface area contributed by atoms with Crippen molar-refractivity contribution in [1.82, 2.24) is 0 Å². The predicted molar refractivity (Wildman–Crippen MR) is 92.0 cm³/mol. The second-order valence-corrected chi connectivity index (χ2v) is 9.04. The molecule has 1 unspecified atom stereocenters. The van der Waals surface area contributed by atoms with Crippen molar-refractivity contribution >= 4 is 12.2 Å². The Morgan fingerprint density at radius 2 is 2.08 bits per heavy atom. The first-order valence-electron chi connectivity index (χ1n) is 9.74. The van der Waals surface area contributed by atoms with Crippen molar-refractivity contribution in [3.05, 3.63) is 11.6 Å². The molecule has 5 nitrogen and oxygen atoms in total. The molecule has 0 aromatic heterocycles. The Kier molecular flexibility index (Phi) is 3.38. The van der Waals surface area contributed by atoms with E-state index in [-0.39, 0.29) is 29.2 Å². The van der Waals surface area contributed by atoms with E-state index < -0.39 is 0 Å². The zero-order valence-corrected chi connectivity index (χ0v) is 15.1. The lowest BCUT2D eigenvalue weighted by molar-refractivity contribution is -0.139. The zero-order valence-electron chi connectivity index (χ0n) is 15.1. The van der Waals surface area contributed by atoms with Crippen LogP contribution in [0.1, 0.15) is 52.4 Å². The second-order valence-electron chi connectivity index (χ2n) is 9.04. The topological polar surface area (TPSA) is 57.1 Å². The fraction of sp³-hybridized carbons (Fsp3) is 0.800. The molecule has 0 N–H and O–H groups in total. The normalized spacial score (nSPS) is 51.0. The van der Waals surface area contributed by atoms with Crippen molar-refractivity contribution in [2.24, 2.45) is 28.3 Å². The molecule has 25 heavy (non-hydrogen) atoms. The van der Waals surface area contributed by atoms with Gasteiger partial charge >= 0.3 is 5.97 Å². The molecule has 3 heterocycles. The van der Waals surface area contributed by atoms with Crippen LogP contribution in [0.5, 0.6) is 0 Å². The lowest BCUT2D eigenvalue weighted by Gasteiger charge is -2.53. The molecule has 7 atom stereocenters. The lowest BCUT2D eigenvalue weighted by atomic mass is 9.52.